The zero-order valence-electron chi connectivity index (χ0n) is 15.7. The molecule has 1 aromatic heterocycles. The Kier molecular flexibility index (Phi) is 5.74. The molecular formula is C23H25BrN2O. The predicted octanol–water partition coefficient (Wildman–Crippen LogP) is 5.87. The van der Waals surface area contributed by atoms with Gasteiger partial charge in [-0.05, 0) is 62.9 Å². The van der Waals surface area contributed by atoms with Gasteiger partial charge in [0.2, 0.25) is 0 Å². The molecule has 0 N–H and O–H groups in total. The molecule has 1 fully saturated rings. The Balaban J connectivity index is 1.39. The Morgan fingerprint density at radius 2 is 1.74 bits per heavy atom. The maximum atomic E-state index is 5.69. The second-order valence-electron chi connectivity index (χ2n) is 7.49. The summed E-state index contributed by atoms with van der Waals surface area (Å²) < 4.78 is 6.77. The smallest absolute Gasteiger partial charge is 0.170 e. The maximum Gasteiger partial charge on any atom is 0.170 e. The molecule has 4 rings (SSSR count). The third-order valence-electron chi connectivity index (χ3n) is 5.54. The SMILES string of the molecule is Cc1noc(-c2ccc(Br)cc2)c1CC1CCN(Cc2ccccc2)CC1. The van der Waals surface area contributed by atoms with Crippen LogP contribution < -0.4 is 0 Å². The molecule has 1 aliphatic rings. The average molecular weight is 425 g/mol. The van der Waals surface area contributed by atoms with Crippen molar-refractivity contribution in [2.45, 2.75) is 32.7 Å². The van der Waals surface area contributed by atoms with Crippen molar-refractivity contribution in [1.29, 1.82) is 0 Å². The topological polar surface area (TPSA) is 29.3 Å². The molecule has 3 nitrogen and oxygen atoms in total. The molecule has 0 radical (unpaired) electrons. The fourth-order valence-corrected chi connectivity index (χ4v) is 4.20. The van der Waals surface area contributed by atoms with Crippen LogP contribution in [0.2, 0.25) is 0 Å². The first-order valence-corrected chi connectivity index (χ1v) is 10.5. The van der Waals surface area contributed by atoms with E-state index in [1.165, 1.54) is 24.0 Å². The lowest BCUT2D eigenvalue weighted by Gasteiger charge is -2.32. The number of likely N-dealkylation sites (tertiary alicyclic amines) is 1. The molecule has 0 unspecified atom stereocenters. The van der Waals surface area contributed by atoms with Crippen LogP contribution in [-0.2, 0) is 13.0 Å². The number of aromatic nitrogens is 1. The highest BCUT2D eigenvalue weighted by Gasteiger charge is 2.23. The summed E-state index contributed by atoms with van der Waals surface area (Å²) in [5.74, 6) is 1.64. The lowest BCUT2D eigenvalue weighted by atomic mass is 9.88. The van der Waals surface area contributed by atoms with Gasteiger partial charge in [-0.15, -0.1) is 0 Å². The number of benzene rings is 2. The highest BCUT2D eigenvalue weighted by Crippen LogP contribution is 2.32. The van der Waals surface area contributed by atoms with Gasteiger partial charge in [0.15, 0.2) is 5.76 Å². The lowest BCUT2D eigenvalue weighted by Crippen LogP contribution is -2.33. The van der Waals surface area contributed by atoms with Crippen molar-refractivity contribution in [3.63, 3.8) is 0 Å². The second kappa shape index (κ2) is 8.41. The van der Waals surface area contributed by atoms with Crippen LogP contribution in [0.25, 0.3) is 11.3 Å². The monoisotopic (exact) mass is 424 g/mol. The lowest BCUT2D eigenvalue weighted by molar-refractivity contribution is 0.177. The number of hydrogen-bond acceptors (Lipinski definition) is 3. The van der Waals surface area contributed by atoms with Crippen LogP contribution in [0, 0.1) is 12.8 Å². The highest BCUT2D eigenvalue weighted by molar-refractivity contribution is 9.10. The van der Waals surface area contributed by atoms with Crippen molar-refractivity contribution in [2.24, 2.45) is 5.92 Å². The van der Waals surface area contributed by atoms with E-state index in [1.54, 1.807) is 0 Å². The molecule has 140 valence electrons. The van der Waals surface area contributed by atoms with Gasteiger partial charge in [0, 0.05) is 22.1 Å². The summed E-state index contributed by atoms with van der Waals surface area (Å²) in [5, 5.41) is 4.25. The zero-order valence-corrected chi connectivity index (χ0v) is 17.3. The highest BCUT2D eigenvalue weighted by atomic mass is 79.9. The number of halogens is 1. The molecule has 0 atom stereocenters. The summed E-state index contributed by atoms with van der Waals surface area (Å²) in [6.45, 7) is 5.45. The summed E-state index contributed by atoms with van der Waals surface area (Å²) in [4.78, 5) is 2.57. The molecular weight excluding hydrogens is 400 g/mol. The zero-order chi connectivity index (χ0) is 18.6. The molecule has 0 amide bonds. The predicted molar refractivity (Wildman–Crippen MR) is 113 cm³/mol. The molecule has 2 heterocycles. The summed E-state index contributed by atoms with van der Waals surface area (Å²) >= 11 is 3.50. The van der Waals surface area contributed by atoms with Crippen LogP contribution in [0.4, 0.5) is 0 Å². The fourth-order valence-electron chi connectivity index (χ4n) is 3.94. The molecule has 0 spiro atoms. The van der Waals surface area contributed by atoms with Gasteiger partial charge in [-0.3, -0.25) is 4.90 Å². The van der Waals surface area contributed by atoms with Crippen LogP contribution in [0.15, 0.2) is 63.6 Å². The largest absolute Gasteiger partial charge is 0.356 e. The minimum atomic E-state index is 0.698. The molecule has 2 aromatic carbocycles. The second-order valence-corrected chi connectivity index (χ2v) is 8.41. The molecule has 1 aliphatic heterocycles. The first-order chi connectivity index (χ1) is 13.2. The van der Waals surface area contributed by atoms with E-state index in [4.69, 9.17) is 4.52 Å². The molecule has 0 bridgehead atoms. The van der Waals surface area contributed by atoms with Gasteiger partial charge in [-0.2, -0.15) is 0 Å². The summed E-state index contributed by atoms with van der Waals surface area (Å²) in [6, 6.07) is 19.1. The van der Waals surface area contributed by atoms with Crippen molar-refractivity contribution in [3.8, 4) is 11.3 Å². The van der Waals surface area contributed by atoms with Gasteiger partial charge < -0.3 is 4.52 Å². The first kappa shape index (κ1) is 18.5. The standard InChI is InChI=1S/C23H25BrN2O/c1-17-22(23(27-25-17)20-7-9-21(24)10-8-20)15-18-11-13-26(14-12-18)16-19-5-3-2-4-6-19/h2-10,18H,11-16H2,1H3. The molecule has 1 saturated heterocycles. The molecule has 4 heteroatoms. The minimum absolute atomic E-state index is 0.698. The number of nitrogens with zero attached hydrogens (tertiary/aromatic N) is 2. The quantitative estimate of drug-likeness (QED) is 0.512. The van der Waals surface area contributed by atoms with E-state index in [9.17, 15) is 0 Å². The van der Waals surface area contributed by atoms with Crippen LogP contribution in [0.1, 0.15) is 29.7 Å². The van der Waals surface area contributed by atoms with E-state index in [2.05, 4.69) is 87.5 Å². The van der Waals surface area contributed by atoms with Crippen LogP contribution in [0.5, 0.6) is 0 Å². The fraction of sp³-hybridized carbons (Fsp3) is 0.348. The number of hydrogen-bond donors (Lipinski definition) is 0. The van der Waals surface area contributed by atoms with Gasteiger partial charge in [0.1, 0.15) is 0 Å². The van der Waals surface area contributed by atoms with Crippen molar-refractivity contribution in [3.05, 3.63) is 75.9 Å². The Hall–Kier alpha value is -1.91. The van der Waals surface area contributed by atoms with Gasteiger partial charge in [-0.25, -0.2) is 0 Å². The van der Waals surface area contributed by atoms with E-state index < -0.39 is 0 Å². The summed E-state index contributed by atoms with van der Waals surface area (Å²) in [6.07, 6.45) is 3.52. The maximum absolute atomic E-state index is 5.69. The molecule has 0 aliphatic carbocycles. The van der Waals surface area contributed by atoms with E-state index in [0.29, 0.717) is 5.92 Å². The van der Waals surface area contributed by atoms with Crippen molar-refractivity contribution in [2.75, 3.05) is 13.1 Å². The van der Waals surface area contributed by atoms with Gasteiger partial charge in [0.05, 0.1) is 5.69 Å². The average Bonchev–Trinajstić information content (AvgIpc) is 3.05. The Morgan fingerprint density at radius 1 is 1.04 bits per heavy atom. The minimum Gasteiger partial charge on any atom is -0.356 e. The Labute approximate surface area is 169 Å². The first-order valence-electron chi connectivity index (χ1n) is 9.66. The van der Waals surface area contributed by atoms with Crippen LogP contribution in [0.3, 0.4) is 0 Å². The number of aryl methyl sites for hydroxylation is 1. The van der Waals surface area contributed by atoms with E-state index in [-0.39, 0.29) is 0 Å². The normalized spacial score (nSPS) is 15.9. The summed E-state index contributed by atoms with van der Waals surface area (Å²) in [7, 11) is 0. The molecule has 27 heavy (non-hydrogen) atoms. The number of piperidine rings is 1. The Morgan fingerprint density at radius 3 is 2.44 bits per heavy atom. The van der Waals surface area contributed by atoms with Crippen molar-refractivity contribution < 1.29 is 4.52 Å². The molecule has 3 aromatic rings. The third-order valence-corrected chi connectivity index (χ3v) is 6.07. The van der Waals surface area contributed by atoms with E-state index in [1.807, 2.05) is 0 Å². The van der Waals surface area contributed by atoms with Crippen molar-refractivity contribution in [1.82, 2.24) is 10.1 Å². The van der Waals surface area contributed by atoms with Gasteiger partial charge >= 0.3 is 0 Å². The third kappa shape index (κ3) is 4.50. The van der Waals surface area contributed by atoms with E-state index in [0.717, 1.165) is 47.5 Å². The van der Waals surface area contributed by atoms with E-state index >= 15 is 0 Å². The molecule has 0 saturated carbocycles. The summed E-state index contributed by atoms with van der Waals surface area (Å²) in [5.41, 5.74) is 4.82. The number of rotatable bonds is 5. The van der Waals surface area contributed by atoms with Crippen molar-refractivity contribution >= 4 is 15.9 Å². The van der Waals surface area contributed by atoms with Crippen LogP contribution >= 0.6 is 15.9 Å². The Bertz CT molecular complexity index is 865. The van der Waals surface area contributed by atoms with Crippen LogP contribution in [-0.4, -0.2) is 23.1 Å². The van der Waals surface area contributed by atoms with Gasteiger partial charge in [0.25, 0.3) is 0 Å². The van der Waals surface area contributed by atoms with Gasteiger partial charge in [-0.1, -0.05) is 63.6 Å².